The summed E-state index contributed by atoms with van der Waals surface area (Å²) >= 11 is 0.393. The molecule has 0 spiro atoms. The summed E-state index contributed by atoms with van der Waals surface area (Å²) in [6.45, 7) is 0. The molecule has 20 heavy (non-hydrogen) atoms. The first kappa shape index (κ1) is 15.5. The van der Waals surface area contributed by atoms with Crippen LogP contribution in [0.5, 0.6) is 11.5 Å². The van der Waals surface area contributed by atoms with E-state index in [2.05, 4.69) is 36.4 Å². The van der Waals surface area contributed by atoms with Crippen molar-refractivity contribution in [3.63, 3.8) is 0 Å². The zero-order valence-corrected chi connectivity index (χ0v) is 15.5. The Kier molecular flexibility index (Phi) is 6.56. The van der Waals surface area contributed by atoms with E-state index >= 15 is 0 Å². The molecule has 2 rings (SSSR count). The van der Waals surface area contributed by atoms with E-state index in [1.54, 1.807) is 14.2 Å². The normalized spacial score (nSPS) is 11.5. The molecule has 0 fully saturated rings. The van der Waals surface area contributed by atoms with Crippen LogP contribution in [-0.4, -0.2) is 45.7 Å². The van der Waals surface area contributed by atoms with Crippen molar-refractivity contribution in [2.45, 2.75) is 10.4 Å². The van der Waals surface area contributed by atoms with Crippen molar-refractivity contribution in [1.82, 2.24) is 0 Å². The monoisotopic (exact) mass is 392 g/mol. The molecule has 0 aromatic heterocycles. The maximum atomic E-state index is 5.41. The third-order valence-electron chi connectivity index (χ3n) is 2.83. The van der Waals surface area contributed by atoms with Gasteiger partial charge in [-0.25, -0.2) is 0 Å². The average molecular weight is 392 g/mol. The number of ether oxygens (including phenoxy) is 2. The summed E-state index contributed by atoms with van der Waals surface area (Å²) in [6, 6.07) is 16.8. The van der Waals surface area contributed by atoms with E-state index in [0.717, 1.165) is 11.5 Å². The van der Waals surface area contributed by atoms with E-state index in [1.807, 2.05) is 12.1 Å². The molecule has 2 nitrogen and oxygen atoms in total. The number of hydrogen-bond donors (Lipinski definition) is 0. The van der Waals surface area contributed by atoms with Crippen molar-refractivity contribution in [3.05, 3.63) is 48.5 Å². The fraction of sp³-hybridized carbons (Fsp3) is 0.250. The van der Waals surface area contributed by atoms with E-state index in [9.17, 15) is 0 Å². The summed E-state index contributed by atoms with van der Waals surface area (Å²) in [5, 5.41) is 2.57. The first-order valence-corrected chi connectivity index (χ1v) is 11.0. The van der Waals surface area contributed by atoms with Gasteiger partial charge in [0, 0.05) is 0 Å². The molecule has 4 heteroatoms. The SMILES string of the molecule is COc1ccccc1[As]CC[As]c1ccccc1OC. The van der Waals surface area contributed by atoms with Crippen LogP contribution >= 0.6 is 0 Å². The van der Waals surface area contributed by atoms with Crippen LogP contribution in [0.3, 0.4) is 0 Å². The summed E-state index contributed by atoms with van der Waals surface area (Å²) in [7, 11) is 3.50. The topological polar surface area (TPSA) is 18.5 Å². The maximum absolute atomic E-state index is 5.41. The Morgan fingerprint density at radius 1 is 0.700 bits per heavy atom. The molecule has 0 saturated heterocycles. The van der Waals surface area contributed by atoms with E-state index in [0.29, 0.717) is 0 Å². The quantitative estimate of drug-likeness (QED) is 0.530. The van der Waals surface area contributed by atoms with Gasteiger partial charge in [-0.1, -0.05) is 0 Å². The molecule has 0 unspecified atom stereocenters. The molecule has 2 radical (unpaired) electrons. The summed E-state index contributed by atoms with van der Waals surface area (Å²) < 4.78 is 13.6. The van der Waals surface area contributed by atoms with Crippen molar-refractivity contribution in [2.24, 2.45) is 0 Å². The molecule has 2 aromatic rings. The van der Waals surface area contributed by atoms with Gasteiger partial charge in [-0.15, -0.1) is 0 Å². The Bertz CT molecular complexity index is 494. The molecule has 0 aliphatic heterocycles. The second kappa shape index (κ2) is 8.45. The van der Waals surface area contributed by atoms with Gasteiger partial charge >= 0.3 is 134 Å². The van der Waals surface area contributed by atoms with Gasteiger partial charge in [-0.05, 0) is 0 Å². The fourth-order valence-corrected chi connectivity index (χ4v) is 7.63. The molecule has 0 aliphatic rings. The second-order valence-corrected chi connectivity index (χ2v) is 9.33. The molecule has 104 valence electrons. The predicted octanol–water partition coefficient (Wildman–Crippen LogP) is 1.90. The van der Waals surface area contributed by atoms with Crippen LogP contribution in [0.2, 0.25) is 10.4 Å². The average Bonchev–Trinajstić information content (AvgIpc) is 2.52. The number of rotatable bonds is 7. The molecule has 0 saturated carbocycles. The molecule has 2 aromatic carbocycles. The Morgan fingerprint density at radius 2 is 1.10 bits per heavy atom. The summed E-state index contributed by atoms with van der Waals surface area (Å²) in [5.41, 5.74) is 0. The van der Waals surface area contributed by atoms with E-state index < -0.39 is 0 Å². The standard InChI is InChI=1S/C16H18As2O2/c1-19-15-9-5-3-7-13(15)17-11-12-18-14-8-4-6-10-16(14)20-2/h3-10H,11-12H2,1-2H3. The van der Waals surface area contributed by atoms with Gasteiger partial charge in [0.2, 0.25) is 0 Å². The van der Waals surface area contributed by atoms with Crippen LogP contribution < -0.4 is 18.2 Å². The van der Waals surface area contributed by atoms with Crippen LogP contribution in [0.15, 0.2) is 48.5 Å². The Balaban J connectivity index is 1.84. The Labute approximate surface area is 134 Å². The minimum atomic E-state index is 0.196. The third kappa shape index (κ3) is 4.33. The van der Waals surface area contributed by atoms with Crippen LogP contribution in [0, 0.1) is 0 Å². The summed E-state index contributed by atoms with van der Waals surface area (Å²) in [6.07, 6.45) is 0. The van der Waals surface area contributed by atoms with E-state index in [-0.39, 0.29) is 31.5 Å². The molecule has 0 amide bonds. The van der Waals surface area contributed by atoms with Crippen LogP contribution in [-0.2, 0) is 0 Å². The van der Waals surface area contributed by atoms with Gasteiger partial charge in [-0.3, -0.25) is 0 Å². The number of hydrogen-bond acceptors (Lipinski definition) is 2. The van der Waals surface area contributed by atoms with Crippen LogP contribution in [0.1, 0.15) is 0 Å². The first-order chi connectivity index (χ1) is 9.85. The second-order valence-electron chi connectivity index (χ2n) is 4.11. The van der Waals surface area contributed by atoms with E-state index in [1.165, 1.54) is 19.1 Å². The van der Waals surface area contributed by atoms with Crippen molar-refractivity contribution in [2.75, 3.05) is 14.2 Å². The molecule has 0 atom stereocenters. The fourth-order valence-electron chi connectivity index (χ4n) is 1.86. The Hall–Kier alpha value is -0.843. The van der Waals surface area contributed by atoms with Crippen molar-refractivity contribution in [1.29, 1.82) is 0 Å². The van der Waals surface area contributed by atoms with Gasteiger partial charge < -0.3 is 0 Å². The van der Waals surface area contributed by atoms with Gasteiger partial charge in [0.25, 0.3) is 0 Å². The van der Waals surface area contributed by atoms with Gasteiger partial charge in [0.1, 0.15) is 0 Å². The number of para-hydroxylation sites is 2. The predicted molar refractivity (Wildman–Crippen MR) is 86.4 cm³/mol. The van der Waals surface area contributed by atoms with Gasteiger partial charge in [-0.2, -0.15) is 0 Å². The minimum absolute atomic E-state index is 0.196. The summed E-state index contributed by atoms with van der Waals surface area (Å²) in [5.74, 6) is 2.09. The zero-order chi connectivity index (χ0) is 14.2. The van der Waals surface area contributed by atoms with Crippen LogP contribution in [0.25, 0.3) is 0 Å². The molecule has 0 aliphatic carbocycles. The molecule has 0 N–H and O–H groups in total. The number of benzene rings is 2. The Morgan fingerprint density at radius 3 is 1.50 bits per heavy atom. The van der Waals surface area contributed by atoms with Crippen LogP contribution in [0.4, 0.5) is 0 Å². The molecular formula is C16H18As2O2. The van der Waals surface area contributed by atoms with E-state index in [4.69, 9.17) is 9.47 Å². The zero-order valence-electron chi connectivity index (χ0n) is 11.7. The third-order valence-corrected chi connectivity index (χ3v) is 9.35. The van der Waals surface area contributed by atoms with Gasteiger partial charge in [0.05, 0.1) is 0 Å². The van der Waals surface area contributed by atoms with Crippen molar-refractivity contribution < 1.29 is 9.47 Å². The number of methoxy groups -OCH3 is 2. The van der Waals surface area contributed by atoms with Crippen molar-refractivity contribution >= 4 is 40.2 Å². The molecule has 0 bridgehead atoms. The summed E-state index contributed by atoms with van der Waals surface area (Å²) in [4.78, 5) is 0. The molecular weight excluding hydrogens is 374 g/mol. The van der Waals surface area contributed by atoms with Crippen molar-refractivity contribution in [3.8, 4) is 11.5 Å². The first-order valence-electron chi connectivity index (χ1n) is 6.46. The molecule has 0 heterocycles. The van der Waals surface area contributed by atoms with Gasteiger partial charge in [0.15, 0.2) is 0 Å².